The average molecular weight is 258 g/mol. The van der Waals surface area contributed by atoms with Crippen LogP contribution in [0.3, 0.4) is 0 Å². The Bertz CT molecular complexity index is 519. The van der Waals surface area contributed by atoms with Crippen molar-refractivity contribution in [1.82, 2.24) is 0 Å². The van der Waals surface area contributed by atoms with E-state index in [1.54, 1.807) is 26.2 Å². The number of carbonyl (C=O) groups excluding carboxylic acids is 1. The van der Waals surface area contributed by atoms with Gasteiger partial charge >= 0.3 is 0 Å². The van der Waals surface area contributed by atoms with Gasteiger partial charge in [0.25, 0.3) is 0 Å². The highest BCUT2D eigenvalue weighted by Crippen LogP contribution is 2.28. The van der Waals surface area contributed by atoms with E-state index >= 15 is 0 Å². The van der Waals surface area contributed by atoms with Crippen molar-refractivity contribution in [3.63, 3.8) is 0 Å². The van der Waals surface area contributed by atoms with Gasteiger partial charge in [0.1, 0.15) is 0 Å². The van der Waals surface area contributed by atoms with E-state index in [1.807, 2.05) is 6.07 Å². The normalized spacial score (nSPS) is 18.4. The summed E-state index contributed by atoms with van der Waals surface area (Å²) in [6, 6.07) is 7.39. The van der Waals surface area contributed by atoms with Gasteiger partial charge in [0, 0.05) is 37.4 Å². The highest BCUT2D eigenvalue weighted by molar-refractivity contribution is 6.00. The maximum atomic E-state index is 11.7. The van der Waals surface area contributed by atoms with Gasteiger partial charge in [0.15, 0.2) is 5.78 Å². The Morgan fingerprint density at radius 3 is 3.00 bits per heavy atom. The summed E-state index contributed by atoms with van der Waals surface area (Å²) in [5.41, 5.74) is 2.16. The summed E-state index contributed by atoms with van der Waals surface area (Å²) in [5.74, 6) is 0.533. The maximum Gasteiger partial charge on any atom is 0.161 e. The first-order valence-electron chi connectivity index (χ1n) is 6.44. The largest absolute Gasteiger partial charge is 0.384 e. The first-order valence-corrected chi connectivity index (χ1v) is 6.44. The standard InChI is InChI=1S/C15H18N2O2/c1-11(18)14-4-3-12(8-16)7-15(14)17-6-5-13(9-17)10-19-2/h3-4,7,13H,5-6,9-10H2,1-2H3. The molecule has 0 aromatic heterocycles. The number of nitriles is 1. The molecule has 1 aromatic carbocycles. The van der Waals surface area contributed by atoms with E-state index in [1.165, 1.54) is 0 Å². The van der Waals surface area contributed by atoms with Crippen LogP contribution in [0, 0.1) is 17.2 Å². The molecule has 0 saturated carbocycles. The van der Waals surface area contributed by atoms with Crippen LogP contribution in [-0.2, 0) is 4.74 Å². The smallest absolute Gasteiger partial charge is 0.161 e. The van der Waals surface area contributed by atoms with Gasteiger partial charge in [-0.3, -0.25) is 4.79 Å². The number of rotatable bonds is 4. The molecule has 4 heteroatoms. The molecule has 100 valence electrons. The Balaban J connectivity index is 2.28. The third-order valence-electron chi connectivity index (χ3n) is 3.54. The zero-order valence-electron chi connectivity index (χ0n) is 11.3. The summed E-state index contributed by atoms with van der Waals surface area (Å²) < 4.78 is 5.19. The molecule has 1 saturated heterocycles. The summed E-state index contributed by atoms with van der Waals surface area (Å²) in [7, 11) is 1.71. The van der Waals surface area contributed by atoms with E-state index in [9.17, 15) is 4.79 Å². The molecular formula is C15H18N2O2. The van der Waals surface area contributed by atoms with Gasteiger partial charge < -0.3 is 9.64 Å². The van der Waals surface area contributed by atoms with Crippen molar-refractivity contribution >= 4 is 11.5 Å². The average Bonchev–Trinajstić information content (AvgIpc) is 2.87. The topological polar surface area (TPSA) is 53.3 Å². The Morgan fingerprint density at radius 2 is 2.37 bits per heavy atom. The first kappa shape index (κ1) is 13.6. The molecule has 0 N–H and O–H groups in total. The van der Waals surface area contributed by atoms with E-state index in [-0.39, 0.29) is 5.78 Å². The second kappa shape index (κ2) is 5.85. The summed E-state index contributed by atoms with van der Waals surface area (Å²) in [4.78, 5) is 13.9. The third kappa shape index (κ3) is 2.94. The lowest BCUT2D eigenvalue weighted by Gasteiger charge is -2.21. The molecule has 0 amide bonds. The fourth-order valence-corrected chi connectivity index (χ4v) is 2.58. The van der Waals surface area contributed by atoms with Crippen molar-refractivity contribution in [3.8, 4) is 6.07 Å². The van der Waals surface area contributed by atoms with Crippen LogP contribution in [0.15, 0.2) is 18.2 Å². The van der Waals surface area contributed by atoms with Crippen molar-refractivity contribution in [2.24, 2.45) is 5.92 Å². The third-order valence-corrected chi connectivity index (χ3v) is 3.54. The van der Waals surface area contributed by atoms with Gasteiger partial charge in [0.2, 0.25) is 0 Å². The van der Waals surface area contributed by atoms with Crippen LogP contribution in [0.1, 0.15) is 29.3 Å². The summed E-state index contributed by atoms with van der Waals surface area (Å²) in [5, 5.41) is 9.00. The number of ketones is 1. The number of methoxy groups -OCH3 is 1. The Hall–Kier alpha value is -1.86. The molecule has 1 aliphatic heterocycles. The predicted molar refractivity (Wildman–Crippen MR) is 73.4 cm³/mol. The van der Waals surface area contributed by atoms with Gasteiger partial charge in [0.05, 0.1) is 18.2 Å². The number of anilines is 1. The molecule has 4 nitrogen and oxygen atoms in total. The van der Waals surface area contributed by atoms with E-state index in [4.69, 9.17) is 10.00 Å². The lowest BCUT2D eigenvalue weighted by atomic mass is 10.1. The molecule has 2 rings (SSSR count). The zero-order valence-corrected chi connectivity index (χ0v) is 11.3. The van der Waals surface area contributed by atoms with Crippen molar-refractivity contribution in [2.75, 3.05) is 31.7 Å². The van der Waals surface area contributed by atoms with E-state index < -0.39 is 0 Å². The first-order chi connectivity index (χ1) is 9.15. The fourth-order valence-electron chi connectivity index (χ4n) is 2.58. The lowest BCUT2D eigenvalue weighted by molar-refractivity contribution is 0.101. The highest BCUT2D eigenvalue weighted by atomic mass is 16.5. The molecule has 0 bridgehead atoms. The molecule has 19 heavy (non-hydrogen) atoms. The minimum Gasteiger partial charge on any atom is -0.384 e. The molecule has 1 heterocycles. The molecular weight excluding hydrogens is 240 g/mol. The lowest BCUT2D eigenvalue weighted by Crippen LogP contribution is -2.23. The predicted octanol–water partition coefficient (Wildman–Crippen LogP) is 2.23. The van der Waals surface area contributed by atoms with Gasteiger partial charge in [-0.2, -0.15) is 5.26 Å². The molecule has 0 aliphatic carbocycles. The Labute approximate surface area is 113 Å². The number of hydrogen-bond acceptors (Lipinski definition) is 4. The number of ether oxygens (including phenoxy) is 1. The number of benzene rings is 1. The molecule has 1 unspecified atom stereocenters. The fraction of sp³-hybridized carbons (Fsp3) is 0.467. The Morgan fingerprint density at radius 1 is 1.58 bits per heavy atom. The van der Waals surface area contributed by atoms with Crippen molar-refractivity contribution in [1.29, 1.82) is 5.26 Å². The van der Waals surface area contributed by atoms with Crippen LogP contribution < -0.4 is 4.90 Å². The number of hydrogen-bond donors (Lipinski definition) is 0. The summed E-state index contributed by atoms with van der Waals surface area (Å²) >= 11 is 0. The van der Waals surface area contributed by atoms with Gasteiger partial charge in [-0.05, 0) is 31.5 Å². The van der Waals surface area contributed by atoms with Crippen molar-refractivity contribution < 1.29 is 9.53 Å². The van der Waals surface area contributed by atoms with Crippen LogP contribution in [0.25, 0.3) is 0 Å². The van der Waals surface area contributed by atoms with Crippen molar-refractivity contribution in [3.05, 3.63) is 29.3 Å². The second-order valence-electron chi connectivity index (χ2n) is 4.96. The number of Topliss-reactive ketones (excluding diaryl/α,β-unsaturated/α-hetero) is 1. The zero-order chi connectivity index (χ0) is 13.8. The minimum atomic E-state index is 0.0367. The molecule has 0 spiro atoms. The van der Waals surface area contributed by atoms with Crippen LogP contribution in [-0.4, -0.2) is 32.6 Å². The molecule has 0 radical (unpaired) electrons. The number of carbonyl (C=O) groups is 1. The van der Waals surface area contributed by atoms with E-state index in [0.29, 0.717) is 17.0 Å². The van der Waals surface area contributed by atoms with Crippen LogP contribution >= 0.6 is 0 Å². The van der Waals surface area contributed by atoms with Gasteiger partial charge in [-0.1, -0.05) is 0 Å². The molecule has 1 fully saturated rings. The van der Waals surface area contributed by atoms with Crippen molar-refractivity contribution in [2.45, 2.75) is 13.3 Å². The molecule has 1 atom stereocenters. The SMILES string of the molecule is COCC1CCN(c2cc(C#N)ccc2C(C)=O)C1. The molecule has 1 aliphatic rings. The maximum absolute atomic E-state index is 11.7. The number of nitrogens with zero attached hydrogens (tertiary/aromatic N) is 2. The highest BCUT2D eigenvalue weighted by Gasteiger charge is 2.25. The van der Waals surface area contributed by atoms with Crippen LogP contribution in [0.2, 0.25) is 0 Å². The van der Waals surface area contributed by atoms with Crippen LogP contribution in [0.4, 0.5) is 5.69 Å². The monoisotopic (exact) mass is 258 g/mol. The van der Waals surface area contributed by atoms with Gasteiger partial charge in [-0.25, -0.2) is 0 Å². The summed E-state index contributed by atoms with van der Waals surface area (Å²) in [6.45, 7) is 4.09. The quantitative estimate of drug-likeness (QED) is 0.777. The van der Waals surface area contributed by atoms with E-state index in [2.05, 4.69) is 11.0 Å². The minimum absolute atomic E-state index is 0.0367. The second-order valence-corrected chi connectivity index (χ2v) is 4.96. The molecule has 1 aromatic rings. The Kier molecular flexibility index (Phi) is 4.18. The van der Waals surface area contributed by atoms with Gasteiger partial charge in [-0.15, -0.1) is 0 Å². The van der Waals surface area contributed by atoms with E-state index in [0.717, 1.165) is 31.8 Å². The summed E-state index contributed by atoms with van der Waals surface area (Å²) in [6.07, 6.45) is 1.06. The van der Waals surface area contributed by atoms with Crippen LogP contribution in [0.5, 0.6) is 0 Å².